The summed E-state index contributed by atoms with van der Waals surface area (Å²) < 4.78 is 0. The van der Waals surface area contributed by atoms with Crippen LogP contribution in [0.15, 0.2) is 0 Å². The van der Waals surface area contributed by atoms with Gasteiger partial charge >= 0.3 is 0 Å². The van der Waals surface area contributed by atoms with Crippen molar-refractivity contribution in [3.8, 4) is 0 Å². The van der Waals surface area contributed by atoms with Crippen LogP contribution in [0.3, 0.4) is 0 Å². The first-order valence-electron chi connectivity index (χ1n) is 7.70. The van der Waals surface area contributed by atoms with Gasteiger partial charge in [-0.05, 0) is 70.3 Å². The monoisotopic (exact) mass is 238 g/mol. The number of hydrogen-bond donors (Lipinski definition) is 1. The van der Waals surface area contributed by atoms with Crippen LogP contribution in [-0.2, 0) is 0 Å². The highest BCUT2D eigenvalue weighted by Crippen LogP contribution is 2.33. The Balaban J connectivity index is 1.80. The molecule has 0 radical (unpaired) electrons. The summed E-state index contributed by atoms with van der Waals surface area (Å²) in [7, 11) is 0. The zero-order valence-corrected chi connectivity index (χ0v) is 11.7. The molecule has 1 saturated heterocycles. The molecule has 17 heavy (non-hydrogen) atoms. The maximum absolute atomic E-state index is 5.77. The summed E-state index contributed by atoms with van der Waals surface area (Å²) in [5.41, 5.74) is 5.77. The summed E-state index contributed by atoms with van der Waals surface area (Å²) in [6.07, 6.45) is 9.76. The van der Waals surface area contributed by atoms with Gasteiger partial charge in [-0.15, -0.1) is 0 Å². The third kappa shape index (κ3) is 3.23. The molecule has 0 spiro atoms. The minimum Gasteiger partial charge on any atom is -0.330 e. The van der Waals surface area contributed by atoms with E-state index >= 15 is 0 Å². The van der Waals surface area contributed by atoms with Crippen molar-refractivity contribution < 1.29 is 0 Å². The number of likely N-dealkylation sites (tertiary alicyclic amines) is 1. The van der Waals surface area contributed by atoms with E-state index in [1.807, 2.05) is 0 Å². The molecular formula is C15H30N2. The zero-order valence-electron chi connectivity index (χ0n) is 11.7. The van der Waals surface area contributed by atoms with Crippen LogP contribution in [0.1, 0.15) is 58.8 Å². The van der Waals surface area contributed by atoms with Gasteiger partial charge in [0.1, 0.15) is 0 Å². The van der Waals surface area contributed by atoms with Crippen molar-refractivity contribution in [2.75, 3.05) is 13.1 Å². The van der Waals surface area contributed by atoms with E-state index in [1.54, 1.807) is 0 Å². The van der Waals surface area contributed by atoms with E-state index in [1.165, 1.54) is 51.5 Å². The lowest BCUT2D eigenvalue weighted by molar-refractivity contribution is 0.138. The van der Waals surface area contributed by atoms with Crippen molar-refractivity contribution in [1.29, 1.82) is 0 Å². The Labute approximate surface area is 107 Å². The van der Waals surface area contributed by atoms with Gasteiger partial charge in [0.05, 0.1) is 0 Å². The Morgan fingerprint density at radius 1 is 1.00 bits per heavy atom. The number of rotatable bonds is 4. The third-order valence-electron chi connectivity index (χ3n) is 5.19. The Hall–Kier alpha value is -0.0800. The van der Waals surface area contributed by atoms with Gasteiger partial charge in [0.15, 0.2) is 0 Å². The van der Waals surface area contributed by atoms with Crippen LogP contribution in [0.4, 0.5) is 0 Å². The van der Waals surface area contributed by atoms with Gasteiger partial charge in [-0.2, -0.15) is 0 Å². The average Bonchev–Trinajstić information content (AvgIpc) is 2.71. The van der Waals surface area contributed by atoms with Crippen molar-refractivity contribution in [2.45, 2.75) is 70.9 Å². The van der Waals surface area contributed by atoms with Gasteiger partial charge in [0, 0.05) is 18.6 Å². The van der Waals surface area contributed by atoms with E-state index in [2.05, 4.69) is 18.7 Å². The fraction of sp³-hybridized carbons (Fsp3) is 1.00. The smallest absolute Gasteiger partial charge is 0.00961 e. The minimum atomic E-state index is 0.823. The molecule has 2 unspecified atom stereocenters. The predicted octanol–water partition coefficient (Wildman–Crippen LogP) is 3.01. The fourth-order valence-corrected chi connectivity index (χ4v) is 3.84. The molecule has 0 aromatic carbocycles. The molecule has 2 rings (SSSR count). The summed E-state index contributed by atoms with van der Waals surface area (Å²) in [4.78, 5) is 2.80. The van der Waals surface area contributed by atoms with Gasteiger partial charge in [-0.3, -0.25) is 4.90 Å². The first-order chi connectivity index (χ1) is 8.24. The molecule has 2 aliphatic rings. The molecule has 1 heterocycles. The van der Waals surface area contributed by atoms with Crippen LogP contribution >= 0.6 is 0 Å². The maximum Gasteiger partial charge on any atom is 0.00961 e. The van der Waals surface area contributed by atoms with Crippen molar-refractivity contribution in [3.05, 3.63) is 0 Å². The highest BCUT2D eigenvalue weighted by atomic mass is 15.2. The van der Waals surface area contributed by atoms with Gasteiger partial charge in [-0.1, -0.05) is 6.92 Å². The molecule has 2 atom stereocenters. The molecule has 0 aromatic heterocycles. The van der Waals surface area contributed by atoms with E-state index in [0.29, 0.717) is 0 Å². The second kappa shape index (κ2) is 6.19. The zero-order chi connectivity index (χ0) is 12.3. The molecule has 2 fully saturated rings. The molecule has 0 aromatic rings. The van der Waals surface area contributed by atoms with Crippen molar-refractivity contribution in [2.24, 2.45) is 17.6 Å². The summed E-state index contributed by atoms with van der Waals surface area (Å²) in [5, 5.41) is 0. The third-order valence-corrected chi connectivity index (χ3v) is 5.19. The summed E-state index contributed by atoms with van der Waals surface area (Å²) in [5.74, 6) is 1.77. The lowest BCUT2D eigenvalue weighted by Crippen LogP contribution is -2.39. The van der Waals surface area contributed by atoms with Crippen LogP contribution in [-0.4, -0.2) is 30.1 Å². The summed E-state index contributed by atoms with van der Waals surface area (Å²) in [6.45, 7) is 7.03. The minimum absolute atomic E-state index is 0.823. The molecule has 2 heteroatoms. The van der Waals surface area contributed by atoms with Crippen LogP contribution in [0.2, 0.25) is 0 Å². The first-order valence-corrected chi connectivity index (χ1v) is 7.70. The second-order valence-electron chi connectivity index (χ2n) is 6.31. The SMILES string of the molecule is CCC1CCC(C)N1CC1CCC(CN)CC1. The van der Waals surface area contributed by atoms with E-state index < -0.39 is 0 Å². The normalized spacial score (nSPS) is 39.7. The number of nitrogens with zero attached hydrogens (tertiary/aromatic N) is 1. The standard InChI is InChI=1S/C15H30N2/c1-3-15-9-4-12(2)17(15)11-14-7-5-13(10-16)6-8-14/h12-15H,3-11,16H2,1-2H3. The summed E-state index contributed by atoms with van der Waals surface area (Å²) in [6, 6.07) is 1.70. The van der Waals surface area contributed by atoms with Crippen molar-refractivity contribution in [1.82, 2.24) is 4.90 Å². The topological polar surface area (TPSA) is 29.3 Å². The Bertz CT molecular complexity index is 221. The van der Waals surface area contributed by atoms with Gasteiger partial charge in [-0.25, -0.2) is 0 Å². The van der Waals surface area contributed by atoms with Crippen LogP contribution in [0.25, 0.3) is 0 Å². The first kappa shape index (κ1) is 13.4. The fourth-order valence-electron chi connectivity index (χ4n) is 3.84. The molecule has 1 aliphatic carbocycles. The Kier molecular flexibility index (Phi) is 4.87. The predicted molar refractivity (Wildman–Crippen MR) is 74.0 cm³/mol. The molecule has 1 aliphatic heterocycles. The van der Waals surface area contributed by atoms with E-state index in [9.17, 15) is 0 Å². The van der Waals surface area contributed by atoms with E-state index in [-0.39, 0.29) is 0 Å². The molecular weight excluding hydrogens is 208 g/mol. The van der Waals surface area contributed by atoms with Crippen LogP contribution in [0.5, 0.6) is 0 Å². The molecule has 100 valence electrons. The molecule has 0 amide bonds. The van der Waals surface area contributed by atoms with Gasteiger partial charge in [0.25, 0.3) is 0 Å². The number of nitrogens with two attached hydrogens (primary N) is 1. The van der Waals surface area contributed by atoms with Gasteiger partial charge in [0.2, 0.25) is 0 Å². The van der Waals surface area contributed by atoms with Crippen LogP contribution < -0.4 is 5.73 Å². The van der Waals surface area contributed by atoms with Gasteiger partial charge < -0.3 is 5.73 Å². The largest absolute Gasteiger partial charge is 0.330 e. The molecule has 2 N–H and O–H groups in total. The maximum atomic E-state index is 5.77. The second-order valence-corrected chi connectivity index (χ2v) is 6.31. The van der Waals surface area contributed by atoms with Crippen LogP contribution in [0, 0.1) is 11.8 Å². The van der Waals surface area contributed by atoms with Crippen molar-refractivity contribution in [3.63, 3.8) is 0 Å². The lowest BCUT2D eigenvalue weighted by atomic mass is 9.81. The summed E-state index contributed by atoms with van der Waals surface area (Å²) >= 11 is 0. The highest BCUT2D eigenvalue weighted by Gasteiger charge is 2.31. The Morgan fingerprint density at radius 3 is 2.24 bits per heavy atom. The molecule has 1 saturated carbocycles. The highest BCUT2D eigenvalue weighted by molar-refractivity contribution is 4.86. The van der Waals surface area contributed by atoms with E-state index in [0.717, 1.165) is 30.5 Å². The average molecular weight is 238 g/mol. The van der Waals surface area contributed by atoms with Crippen molar-refractivity contribution >= 4 is 0 Å². The Morgan fingerprint density at radius 2 is 1.65 bits per heavy atom. The lowest BCUT2D eigenvalue weighted by Gasteiger charge is -2.35. The molecule has 0 bridgehead atoms. The molecule has 2 nitrogen and oxygen atoms in total. The van der Waals surface area contributed by atoms with E-state index in [4.69, 9.17) is 5.73 Å². The number of hydrogen-bond acceptors (Lipinski definition) is 2. The quantitative estimate of drug-likeness (QED) is 0.816.